The topological polar surface area (TPSA) is 93.7 Å². The van der Waals surface area contributed by atoms with Gasteiger partial charge in [0.15, 0.2) is 0 Å². The molecule has 8 atom stereocenters. The zero-order valence-electron chi connectivity index (χ0n) is 30.6. The second-order valence-electron chi connectivity index (χ2n) is 16.9. The highest BCUT2D eigenvalue weighted by molar-refractivity contribution is 8.77. The highest BCUT2D eigenvalue weighted by Gasteiger charge is 2.59. The third-order valence-corrected chi connectivity index (χ3v) is 14.2. The Morgan fingerprint density at radius 1 is 0.936 bits per heavy atom. The summed E-state index contributed by atoms with van der Waals surface area (Å²) in [6.07, 6.45) is 15.9. The Morgan fingerprint density at radius 2 is 1.66 bits per heavy atom. The molecular weight excluding hydrogens is 629 g/mol. The van der Waals surface area contributed by atoms with E-state index in [0.717, 1.165) is 54.8 Å². The molecule has 0 radical (unpaired) electrons. The molecule has 0 heterocycles. The maximum absolute atomic E-state index is 12.7. The Hall–Kier alpha value is -1.35. The summed E-state index contributed by atoms with van der Waals surface area (Å²) < 4.78 is 11.1. The SMILES string of the molecule is CC(C)CCC[C@@H](C)[C@H]1CC[C@H]2[C@@H]3CC=C4C[C@@H](OC(=O)CSSCC(=O)NCCNC(=O)OC(C)(C)C)CC[C@]4(C)[C@H]3CC[C@]12C. The molecule has 4 aliphatic rings. The Bertz CT molecular complexity index is 1120. The molecule has 7 nitrogen and oxygen atoms in total. The zero-order chi connectivity index (χ0) is 34.4. The molecule has 4 rings (SSSR count). The summed E-state index contributed by atoms with van der Waals surface area (Å²) >= 11 is 0. The van der Waals surface area contributed by atoms with Gasteiger partial charge in [-0.3, -0.25) is 9.59 Å². The van der Waals surface area contributed by atoms with Gasteiger partial charge in [-0.2, -0.15) is 0 Å². The predicted octanol–water partition coefficient (Wildman–Crippen LogP) is 8.96. The Kier molecular flexibility index (Phi) is 13.6. The molecule has 3 saturated carbocycles. The van der Waals surface area contributed by atoms with Crippen molar-refractivity contribution in [2.24, 2.45) is 46.3 Å². The molecule has 0 unspecified atom stereocenters. The minimum Gasteiger partial charge on any atom is -0.461 e. The van der Waals surface area contributed by atoms with Gasteiger partial charge < -0.3 is 20.1 Å². The minimum atomic E-state index is -0.556. The number of ether oxygens (including phenoxy) is 2. The van der Waals surface area contributed by atoms with Crippen LogP contribution in [0.3, 0.4) is 0 Å². The third-order valence-electron chi connectivity index (χ3n) is 12.1. The summed E-state index contributed by atoms with van der Waals surface area (Å²) in [6, 6.07) is 0. The monoisotopic (exact) mass is 692 g/mol. The van der Waals surface area contributed by atoms with Crippen molar-refractivity contribution < 1.29 is 23.9 Å². The highest BCUT2D eigenvalue weighted by atomic mass is 33.1. The number of carbonyl (C=O) groups excluding carboxylic acids is 3. The van der Waals surface area contributed by atoms with E-state index in [1.807, 2.05) is 0 Å². The molecule has 4 aliphatic carbocycles. The lowest BCUT2D eigenvalue weighted by molar-refractivity contribution is -0.148. The molecule has 0 saturated heterocycles. The molecule has 3 fully saturated rings. The van der Waals surface area contributed by atoms with Crippen molar-refractivity contribution in [1.29, 1.82) is 0 Å². The van der Waals surface area contributed by atoms with Gasteiger partial charge in [0.2, 0.25) is 5.91 Å². The number of carbonyl (C=O) groups is 3. The van der Waals surface area contributed by atoms with Gasteiger partial charge in [0.25, 0.3) is 0 Å². The summed E-state index contributed by atoms with van der Waals surface area (Å²) in [6.45, 7) is 18.5. The van der Waals surface area contributed by atoms with Crippen molar-refractivity contribution in [3.8, 4) is 0 Å². The van der Waals surface area contributed by atoms with Gasteiger partial charge in [-0.1, -0.05) is 87.1 Å². The molecule has 0 aromatic rings. The zero-order valence-corrected chi connectivity index (χ0v) is 32.2. The van der Waals surface area contributed by atoms with Crippen LogP contribution in [0.4, 0.5) is 4.79 Å². The van der Waals surface area contributed by atoms with Crippen molar-refractivity contribution in [2.45, 2.75) is 138 Å². The first-order chi connectivity index (χ1) is 22.1. The van der Waals surface area contributed by atoms with E-state index in [-0.39, 0.29) is 34.9 Å². The number of esters is 1. The molecule has 268 valence electrons. The molecule has 0 aromatic heterocycles. The maximum Gasteiger partial charge on any atom is 0.407 e. The van der Waals surface area contributed by atoms with Crippen LogP contribution in [0.2, 0.25) is 0 Å². The molecule has 0 aromatic carbocycles. The molecule has 2 amide bonds. The van der Waals surface area contributed by atoms with Gasteiger partial charge in [0.1, 0.15) is 17.5 Å². The van der Waals surface area contributed by atoms with E-state index in [4.69, 9.17) is 9.47 Å². The number of hydrogen-bond donors (Lipinski definition) is 2. The van der Waals surface area contributed by atoms with E-state index in [0.29, 0.717) is 18.5 Å². The minimum absolute atomic E-state index is 0.0406. The maximum atomic E-state index is 12.7. The van der Waals surface area contributed by atoms with Crippen molar-refractivity contribution in [2.75, 3.05) is 24.6 Å². The van der Waals surface area contributed by atoms with Gasteiger partial charge in [0, 0.05) is 19.5 Å². The van der Waals surface area contributed by atoms with Crippen LogP contribution in [0.1, 0.15) is 126 Å². The second-order valence-corrected chi connectivity index (χ2v) is 19.4. The first-order valence-corrected chi connectivity index (χ1v) is 21.0. The molecule has 2 N–H and O–H groups in total. The Morgan fingerprint density at radius 3 is 2.38 bits per heavy atom. The van der Waals surface area contributed by atoms with Crippen LogP contribution in [-0.4, -0.2) is 54.3 Å². The van der Waals surface area contributed by atoms with Gasteiger partial charge in [-0.15, -0.1) is 0 Å². The van der Waals surface area contributed by atoms with Crippen molar-refractivity contribution in [3.63, 3.8) is 0 Å². The predicted molar refractivity (Wildman–Crippen MR) is 195 cm³/mol. The molecule has 0 aliphatic heterocycles. The summed E-state index contributed by atoms with van der Waals surface area (Å²) in [5.41, 5.74) is 1.74. The van der Waals surface area contributed by atoms with Crippen molar-refractivity contribution in [1.82, 2.24) is 10.6 Å². The van der Waals surface area contributed by atoms with E-state index < -0.39 is 11.7 Å². The Labute approximate surface area is 293 Å². The van der Waals surface area contributed by atoms with E-state index in [2.05, 4.69) is 51.3 Å². The van der Waals surface area contributed by atoms with E-state index in [9.17, 15) is 14.4 Å². The highest BCUT2D eigenvalue weighted by Crippen LogP contribution is 2.67. The van der Waals surface area contributed by atoms with Crippen molar-refractivity contribution >= 4 is 39.6 Å². The average Bonchev–Trinajstić information content (AvgIpc) is 3.34. The smallest absolute Gasteiger partial charge is 0.407 e. The number of rotatable bonds is 14. The number of fused-ring (bicyclic) bond motifs is 5. The summed E-state index contributed by atoms with van der Waals surface area (Å²) in [7, 11) is 2.71. The number of allylic oxidation sites excluding steroid dienone is 1. The van der Waals surface area contributed by atoms with Crippen LogP contribution in [0.5, 0.6) is 0 Å². The summed E-state index contributed by atoms with van der Waals surface area (Å²) in [5, 5.41) is 5.39. The first kappa shape index (κ1) is 38.5. The van der Waals surface area contributed by atoms with Gasteiger partial charge in [-0.05, 0) is 112 Å². The molecule has 0 spiro atoms. The molecule has 47 heavy (non-hydrogen) atoms. The standard InChI is InChI=1S/C38H64N2O5S2/c1-25(2)10-9-11-26(3)30-14-15-31-29-13-12-27-22-28(16-18-37(27,7)32(29)17-19-38(30,31)8)44-34(42)24-47-46-23-33(41)39-20-21-40-35(43)45-36(4,5)6/h12,25-26,28-32H,9-11,13-24H2,1-8H3,(H,39,41)(H,40,43)/t26-,28+,29+,30-,31+,32+,37+,38-/m1/s1. The number of hydrogen-bond acceptors (Lipinski definition) is 7. The number of alkyl carbamates (subject to hydrolysis) is 1. The lowest BCUT2D eigenvalue weighted by Crippen LogP contribution is -2.51. The second kappa shape index (κ2) is 16.6. The summed E-state index contributed by atoms with van der Waals surface area (Å²) in [4.78, 5) is 36.5. The first-order valence-electron chi connectivity index (χ1n) is 18.5. The fourth-order valence-corrected chi connectivity index (χ4v) is 11.5. The number of nitrogens with one attached hydrogen (secondary N) is 2. The Balaban J connectivity index is 1.17. The fourth-order valence-electron chi connectivity index (χ4n) is 9.89. The molecular formula is C38H64N2O5S2. The molecule has 0 bridgehead atoms. The van der Waals surface area contributed by atoms with Crippen LogP contribution in [0.15, 0.2) is 11.6 Å². The van der Waals surface area contributed by atoms with Crippen LogP contribution in [0, 0.1) is 46.3 Å². The van der Waals surface area contributed by atoms with Crippen molar-refractivity contribution in [3.05, 3.63) is 11.6 Å². The number of amides is 2. The lowest BCUT2D eigenvalue weighted by atomic mass is 9.47. The van der Waals surface area contributed by atoms with E-state index >= 15 is 0 Å². The van der Waals surface area contributed by atoms with Gasteiger partial charge in [0.05, 0.1) is 5.75 Å². The normalized spacial score (nSPS) is 32.4. The quantitative estimate of drug-likeness (QED) is 0.0813. The fraction of sp³-hybridized carbons (Fsp3) is 0.868. The van der Waals surface area contributed by atoms with Crippen LogP contribution in [0.25, 0.3) is 0 Å². The van der Waals surface area contributed by atoms with Crippen LogP contribution < -0.4 is 10.6 Å². The third kappa shape index (κ3) is 10.1. The summed E-state index contributed by atoms with van der Waals surface area (Å²) in [5.74, 6) is 5.09. The average molecular weight is 693 g/mol. The van der Waals surface area contributed by atoms with Crippen LogP contribution in [-0.2, 0) is 19.1 Å². The molecule has 9 heteroatoms. The largest absolute Gasteiger partial charge is 0.461 e. The van der Waals surface area contributed by atoms with E-state index in [1.165, 1.54) is 73.0 Å². The van der Waals surface area contributed by atoms with Gasteiger partial charge in [-0.25, -0.2) is 4.79 Å². The lowest BCUT2D eigenvalue weighted by Gasteiger charge is -2.58. The van der Waals surface area contributed by atoms with Crippen LogP contribution >= 0.6 is 21.6 Å². The van der Waals surface area contributed by atoms with Gasteiger partial charge >= 0.3 is 12.1 Å². The van der Waals surface area contributed by atoms with E-state index in [1.54, 1.807) is 26.3 Å².